The normalized spacial score (nSPS) is 11.0. The minimum absolute atomic E-state index is 0.0289. The first kappa shape index (κ1) is 24.4. The van der Waals surface area contributed by atoms with E-state index < -0.39 is 5.91 Å². The highest BCUT2D eigenvalue weighted by Crippen LogP contribution is 2.38. The quantitative estimate of drug-likeness (QED) is 0.270. The van der Waals surface area contributed by atoms with E-state index in [-0.39, 0.29) is 5.57 Å². The first-order valence-electron chi connectivity index (χ1n) is 10.1. The van der Waals surface area contributed by atoms with Gasteiger partial charge < -0.3 is 14.8 Å². The third-order valence-corrected chi connectivity index (χ3v) is 5.70. The molecule has 0 aliphatic rings. The number of nitriles is 1. The number of nitrogens with one attached hydrogen (secondary N) is 1. The Hall–Kier alpha value is -3.27. The molecule has 0 radical (unpaired) electrons. The molecule has 0 heterocycles. The van der Waals surface area contributed by atoms with Crippen LogP contribution in [0.3, 0.4) is 0 Å². The topological polar surface area (TPSA) is 71.3 Å². The van der Waals surface area contributed by atoms with Gasteiger partial charge in [0.25, 0.3) is 5.91 Å². The van der Waals surface area contributed by atoms with E-state index >= 15 is 0 Å². The monoisotopic (exact) mass is 524 g/mol. The summed E-state index contributed by atoms with van der Waals surface area (Å²) in [6.45, 7) is 4.21. The van der Waals surface area contributed by atoms with Gasteiger partial charge in [0, 0.05) is 10.7 Å². The molecule has 3 aromatic carbocycles. The van der Waals surface area contributed by atoms with Crippen LogP contribution in [0.5, 0.6) is 11.5 Å². The first-order chi connectivity index (χ1) is 15.8. The maximum absolute atomic E-state index is 12.7. The molecule has 0 spiro atoms. The fourth-order valence-corrected chi connectivity index (χ4v) is 3.86. The number of aryl methyl sites for hydroxylation is 2. The number of rotatable bonds is 7. The maximum Gasteiger partial charge on any atom is 0.266 e. The van der Waals surface area contributed by atoms with Gasteiger partial charge in [-0.3, -0.25) is 4.79 Å². The number of nitrogens with zero attached hydrogens (tertiary/aromatic N) is 1. The van der Waals surface area contributed by atoms with Crippen molar-refractivity contribution in [3.8, 4) is 17.6 Å². The summed E-state index contributed by atoms with van der Waals surface area (Å²) in [6.07, 6.45) is 1.51. The second-order valence-corrected chi connectivity index (χ2v) is 8.68. The van der Waals surface area contributed by atoms with Crippen molar-refractivity contribution in [1.82, 2.24) is 0 Å². The highest BCUT2D eigenvalue weighted by atomic mass is 79.9. The number of ether oxygens (including phenoxy) is 2. The highest BCUT2D eigenvalue weighted by Gasteiger charge is 2.15. The second-order valence-electron chi connectivity index (χ2n) is 7.39. The van der Waals surface area contributed by atoms with Crippen LogP contribution in [-0.4, -0.2) is 13.0 Å². The number of hydrogen-bond acceptors (Lipinski definition) is 4. The molecule has 168 valence electrons. The molecule has 0 saturated carbocycles. The van der Waals surface area contributed by atoms with Crippen LogP contribution in [0, 0.1) is 25.2 Å². The Balaban J connectivity index is 1.82. The number of hydrogen-bond donors (Lipinski definition) is 1. The van der Waals surface area contributed by atoms with Crippen LogP contribution in [0.15, 0.2) is 64.6 Å². The van der Waals surface area contributed by atoms with E-state index in [1.165, 1.54) is 13.2 Å². The number of carbonyl (C=O) groups excluding carboxylic acids is 1. The molecule has 0 aliphatic carbocycles. The molecule has 33 heavy (non-hydrogen) atoms. The van der Waals surface area contributed by atoms with Gasteiger partial charge in [-0.05, 0) is 82.9 Å². The van der Waals surface area contributed by atoms with Gasteiger partial charge in [0.05, 0.1) is 11.6 Å². The molecule has 7 heteroatoms. The molecular weight excluding hydrogens is 504 g/mol. The van der Waals surface area contributed by atoms with Gasteiger partial charge >= 0.3 is 0 Å². The smallest absolute Gasteiger partial charge is 0.266 e. The van der Waals surface area contributed by atoms with Crippen LogP contribution in [0.25, 0.3) is 6.08 Å². The molecule has 0 aromatic heterocycles. The largest absolute Gasteiger partial charge is 0.493 e. The first-order valence-corrected chi connectivity index (χ1v) is 11.2. The van der Waals surface area contributed by atoms with Gasteiger partial charge in [0.2, 0.25) is 0 Å². The van der Waals surface area contributed by atoms with Gasteiger partial charge in [0.15, 0.2) is 11.5 Å². The molecule has 0 bridgehead atoms. The molecule has 0 saturated heterocycles. The number of carbonyl (C=O) groups is 1. The van der Waals surface area contributed by atoms with Crippen LogP contribution < -0.4 is 14.8 Å². The van der Waals surface area contributed by atoms with Gasteiger partial charge in [0.1, 0.15) is 18.2 Å². The van der Waals surface area contributed by atoms with Crippen molar-refractivity contribution in [1.29, 1.82) is 5.26 Å². The summed E-state index contributed by atoms with van der Waals surface area (Å²) in [5.74, 6) is 0.502. The highest BCUT2D eigenvalue weighted by molar-refractivity contribution is 9.10. The lowest BCUT2D eigenvalue weighted by molar-refractivity contribution is -0.112. The molecule has 3 rings (SSSR count). The number of halogens is 2. The fourth-order valence-electron chi connectivity index (χ4n) is 3.16. The van der Waals surface area contributed by atoms with E-state index in [2.05, 4.69) is 21.2 Å². The minimum Gasteiger partial charge on any atom is -0.493 e. The van der Waals surface area contributed by atoms with Crippen LogP contribution in [0.4, 0.5) is 5.69 Å². The zero-order chi connectivity index (χ0) is 24.0. The molecule has 3 aromatic rings. The van der Waals surface area contributed by atoms with E-state index in [9.17, 15) is 10.1 Å². The number of anilines is 1. The third kappa shape index (κ3) is 6.38. The van der Waals surface area contributed by atoms with Crippen molar-refractivity contribution >= 4 is 45.2 Å². The average Bonchev–Trinajstić information content (AvgIpc) is 2.79. The summed E-state index contributed by atoms with van der Waals surface area (Å²) in [7, 11) is 1.53. The van der Waals surface area contributed by atoms with Crippen molar-refractivity contribution in [2.24, 2.45) is 0 Å². The van der Waals surface area contributed by atoms with Crippen molar-refractivity contribution in [2.45, 2.75) is 20.5 Å². The molecule has 1 amide bonds. The summed E-state index contributed by atoms with van der Waals surface area (Å²) >= 11 is 9.43. The SMILES string of the molecule is COc1cc(/C=C(/C#N)C(=O)Nc2ccc(C)cc2C)cc(Br)c1OCc1ccc(Cl)cc1. The standard InChI is InChI=1S/C26H22BrClN2O3/c1-16-4-9-23(17(2)10-16)30-26(31)20(14-29)11-19-12-22(27)25(24(13-19)32-3)33-15-18-5-7-21(28)8-6-18/h4-13H,15H2,1-3H3,(H,30,31)/b20-11-. The van der Waals surface area contributed by atoms with E-state index in [1.807, 2.05) is 50.2 Å². The Morgan fingerprint density at radius 3 is 2.52 bits per heavy atom. The summed E-state index contributed by atoms with van der Waals surface area (Å²) in [4.78, 5) is 12.7. The second kappa shape index (κ2) is 11.0. The van der Waals surface area contributed by atoms with Crippen LogP contribution in [0.1, 0.15) is 22.3 Å². The van der Waals surface area contributed by atoms with Crippen molar-refractivity contribution in [3.05, 3.63) is 91.9 Å². The number of benzene rings is 3. The minimum atomic E-state index is -0.484. The predicted octanol–water partition coefficient (Wildman–Crippen LogP) is 6.85. The van der Waals surface area contributed by atoms with Crippen LogP contribution in [-0.2, 0) is 11.4 Å². The molecule has 5 nitrogen and oxygen atoms in total. The summed E-state index contributed by atoms with van der Waals surface area (Å²) in [6, 6.07) is 18.5. The zero-order valence-corrected chi connectivity index (χ0v) is 20.8. The molecule has 1 N–H and O–H groups in total. The molecular formula is C26H22BrClN2O3. The Bertz CT molecular complexity index is 1250. The molecule has 0 atom stereocenters. The molecule has 0 unspecified atom stereocenters. The van der Waals surface area contributed by atoms with E-state index in [0.717, 1.165) is 16.7 Å². The maximum atomic E-state index is 12.7. The van der Waals surface area contributed by atoms with E-state index in [1.54, 1.807) is 24.3 Å². The fraction of sp³-hybridized carbons (Fsp3) is 0.154. The average molecular weight is 526 g/mol. The van der Waals surface area contributed by atoms with Crippen molar-refractivity contribution in [2.75, 3.05) is 12.4 Å². The number of methoxy groups -OCH3 is 1. The van der Waals surface area contributed by atoms with Gasteiger partial charge in [-0.15, -0.1) is 0 Å². The summed E-state index contributed by atoms with van der Waals surface area (Å²) in [5, 5.41) is 13.0. The Kier molecular flexibility index (Phi) is 8.16. The molecule has 0 aliphatic heterocycles. The summed E-state index contributed by atoms with van der Waals surface area (Å²) < 4.78 is 12.1. The van der Waals surface area contributed by atoms with Crippen LogP contribution >= 0.6 is 27.5 Å². The zero-order valence-electron chi connectivity index (χ0n) is 18.4. The number of amides is 1. The molecule has 0 fully saturated rings. The van der Waals surface area contributed by atoms with Gasteiger partial charge in [-0.2, -0.15) is 5.26 Å². The van der Waals surface area contributed by atoms with Gasteiger partial charge in [-0.25, -0.2) is 0 Å². The lowest BCUT2D eigenvalue weighted by Crippen LogP contribution is -2.14. The van der Waals surface area contributed by atoms with Gasteiger partial charge in [-0.1, -0.05) is 41.4 Å². The predicted molar refractivity (Wildman–Crippen MR) is 135 cm³/mol. The van der Waals surface area contributed by atoms with Crippen molar-refractivity contribution in [3.63, 3.8) is 0 Å². The third-order valence-electron chi connectivity index (χ3n) is 4.85. The Labute approximate surface area is 206 Å². The van der Waals surface area contributed by atoms with Crippen molar-refractivity contribution < 1.29 is 14.3 Å². The lowest BCUT2D eigenvalue weighted by atomic mass is 10.1. The Morgan fingerprint density at radius 2 is 1.88 bits per heavy atom. The van der Waals surface area contributed by atoms with E-state index in [0.29, 0.717) is 38.9 Å². The van der Waals surface area contributed by atoms with E-state index in [4.69, 9.17) is 21.1 Å². The van der Waals surface area contributed by atoms with Crippen LogP contribution in [0.2, 0.25) is 5.02 Å². The Morgan fingerprint density at radius 1 is 1.15 bits per heavy atom. The lowest BCUT2D eigenvalue weighted by Gasteiger charge is -2.14. The summed E-state index contributed by atoms with van der Waals surface area (Å²) in [5.41, 5.74) is 4.22.